The highest BCUT2D eigenvalue weighted by atomic mass is 16.5. The van der Waals surface area contributed by atoms with E-state index in [-0.39, 0.29) is 5.56 Å². The van der Waals surface area contributed by atoms with Gasteiger partial charge in [-0.2, -0.15) is 0 Å². The summed E-state index contributed by atoms with van der Waals surface area (Å²) in [5.74, 6) is 0.590. The molecule has 0 aliphatic heterocycles. The van der Waals surface area contributed by atoms with Gasteiger partial charge in [-0.25, -0.2) is 4.98 Å². The minimum atomic E-state index is -0.522. The van der Waals surface area contributed by atoms with Crippen LogP contribution in [-0.2, 0) is 16.9 Å². The second-order valence-electron chi connectivity index (χ2n) is 4.13. The number of rotatable bonds is 6. The summed E-state index contributed by atoms with van der Waals surface area (Å²) in [5.41, 5.74) is 0.00134. The lowest BCUT2D eigenvalue weighted by molar-refractivity contribution is -0.0392. The van der Waals surface area contributed by atoms with Gasteiger partial charge < -0.3 is 15.0 Å². The molecule has 17 heavy (non-hydrogen) atoms. The molecule has 0 amide bonds. The van der Waals surface area contributed by atoms with Crippen LogP contribution in [0.3, 0.4) is 0 Å². The Bertz CT molecular complexity index is 416. The standard InChI is InChI=1S/C12H21N3O2/c1-5-12(3,17-6-2)11-14-8-9(7-13-4)10(16)15-11/h8,13H,5-7H2,1-4H3,(H,14,15,16). The molecular weight excluding hydrogens is 218 g/mol. The first-order chi connectivity index (χ1) is 8.07. The summed E-state index contributed by atoms with van der Waals surface area (Å²) < 4.78 is 5.67. The van der Waals surface area contributed by atoms with Crippen molar-refractivity contribution in [2.45, 2.75) is 39.3 Å². The number of aromatic nitrogens is 2. The van der Waals surface area contributed by atoms with Gasteiger partial charge in [0.25, 0.3) is 5.56 Å². The number of hydrogen-bond donors (Lipinski definition) is 2. The van der Waals surface area contributed by atoms with Gasteiger partial charge in [0.15, 0.2) is 0 Å². The molecule has 0 saturated carbocycles. The van der Waals surface area contributed by atoms with E-state index in [4.69, 9.17) is 4.74 Å². The van der Waals surface area contributed by atoms with E-state index in [1.54, 1.807) is 13.2 Å². The first kappa shape index (κ1) is 13.9. The molecule has 2 N–H and O–H groups in total. The van der Waals surface area contributed by atoms with Gasteiger partial charge in [0.05, 0.1) is 0 Å². The number of ether oxygens (including phenoxy) is 1. The van der Waals surface area contributed by atoms with Crippen LogP contribution in [0.5, 0.6) is 0 Å². The summed E-state index contributed by atoms with van der Waals surface area (Å²) in [4.78, 5) is 18.9. The van der Waals surface area contributed by atoms with Gasteiger partial charge >= 0.3 is 0 Å². The van der Waals surface area contributed by atoms with Crippen molar-refractivity contribution in [3.63, 3.8) is 0 Å². The zero-order valence-electron chi connectivity index (χ0n) is 11.0. The zero-order chi connectivity index (χ0) is 12.9. The van der Waals surface area contributed by atoms with Gasteiger partial charge in [-0.1, -0.05) is 6.92 Å². The zero-order valence-corrected chi connectivity index (χ0v) is 11.0. The number of nitrogens with zero attached hydrogens (tertiary/aromatic N) is 1. The monoisotopic (exact) mass is 239 g/mol. The van der Waals surface area contributed by atoms with Gasteiger partial charge in [-0.15, -0.1) is 0 Å². The maximum atomic E-state index is 11.8. The molecule has 1 unspecified atom stereocenters. The first-order valence-corrected chi connectivity index (χ1v) is 5.94. The largest absolute Gasteiger partial charge is 0.368 e. The van der Waals surface area contributed by atoms with Crippen molar-refractivity contribution in [2.24, 2.45) is 0 Å². The Morgan fingerprint density at radius 1 is 1.53 bits per heavy atom. The first-order valence-electron chi connectivity index (χ1n) is 5.94. The lowest BCUT2D eigenvalue weighted by atomic mass is 10.0. The summed E-state index contributed by atoms with van der Waals surface area (Å²) >= 11 is 0. The molecule has 96 valence electrons. The molecule has 0 fully saturated rings. The van der Waals surface area contributed by atoms with Crippen LogP contribution in [0, 0.1) is 0 Å². The van der Waals surface area contributed by atoms with Crippen molar-refractivity contribution in [3.05, 3.63) is 27.9 Å². The third kappa shape index (κ3) is 3.14. The van der Waals surface area contributed by atoms with Gasteiger partial charge in [0, 0.05) is 24.9 Å². The third-order valence-corrected chi connectivity index (χ3v) is 2.88. The molecule has 0 spiro atoms. The average Bonchev–Trinajstić information content (AvgIpc) is 2.32. The van der Waals surface area contributed by atoms with Crippen LogP contribution in [0.15, 0.2) is 11.0 Å². The fourth-order valence-corrected chi connectivity index (χ4v) is 1.66. The molecule has 0 radical (unpaired) electrons. The molecule has 1 heterocycles. The molecular formula is C12H21N3O2. The topological polar surface area (TPSA) is 67.0 Å². The molecule has 5 heteroatoms. The van der Waals surface area contributed by atoms with Crippen LogP contribution in [0.4, 0.5) is 0 Å². The molecule has 1 aromatic heterocycles. The Balaban J connectivity index is 3.07. The molecule has 5 nitrogen and oxygen atoms in total. The van der Waals surface area contributed by atoms with E-state index in [1.165, 1.54) is 0 Å². The lowest BCUT2D eigenvalue weighted by Gasteiger charge is -2.26. The van der Waals surface area contributed by atoms with Crippen molar-refractivity contribution in [1.29, 1.82) is 0 Å². The van der Waals surface area contributed by atoms with Crippen LogP contribution in [0.25, 0.3) is 0 Å². The summed E-state index contributed by atoms with van der Waals surface area (Å²) in [7, 11) is 1.80. The molecule has 1 atom stereocenters. The minimum Gasteiger partial charge on any atom is -0.368 e. The smallest absolute Gasteiger partial charge is 0.255 e. The summed E-state index contributed by atoms with van der Waals surface area (Å²) in [5, 5.41) is 2.93. The molecule has 1 rings (SSSR count). The van der Waals surface area contributed by atoms with Gasteiger partial charge in [-0.05, 0) is 27.3 Å². The Hall–Kier alpha value is -1.20. The normalized spacial score (nSPS) is 14.6. The Morgan fingerprint density at radius 2 is 2.24 bits per heavy atom. The maximum absolute atomic E-state index is 11.8. The van der Waals surface area contributed by atoms with Crippen molar-refractivity contribution in [1.82, 2.24) is 15.3 Å². The number of aromatic amines is 1. The summed E-state index contributed by atoms with van der Waals surface area (Å²) in [6, 6.07) is 0. The van der Waals surface area contributed by atoms with Gasteiger partial charge in [0.1, 0.15) is 11.4 Å². The molecule has 0 bridgehead atoms. The maximum Gasteiger partial charge on any atom is 0.255 e. The quantitative estimate of drug-likeness (QED) is 0.781. The Morgan fingerprint density at radius 3 is 2.71 bits per heavy atom. The molecule has 0 aliphatic carbocycles. The Kier molecular flexibility index (Phi) is 4.84. The van der Waals surface area contributed by atoms with E-state index in [2.05, 4.69) is 15.3 Å². The van der Waals surface area contributed by atoms with Crippen molar-refractivity contribution >= 4 is 0 Å². The van der Waals surface area contributed by atoms with E-state index in [0.29, 0.717) is 24.5 Å². The second-order valence-corrected chi connectivity index (χ2v) is 4.13. The molecule has 0 aromatic carbocycles. The van der Waals surface area contributed by atoms with Crippen LogP contribution in [-0.4, -0.2) is 23.6 Å². The number of nitrogens with one attached hydrogen (secondary N) is 2. The summed E-state index contributed by atoms with van der Waals surface area (Å²) in [6.45, 7) is 6.98. The van der Waals surface area contributed by atoms with E-state index >= 15 is 0 Å². The highest BCUT2D eigenvalue weighted by Gasteiger charge is 2.27. The third-order valence-electron chi connectivity index (χ3n) is 2.88. The van der Waals surface area contributed by atoms with Crippen LogP contribution in [0.2, 0.25) is 0 Å². The van der Waals surface area contributed by atoms with Crippen LogP contribution >= 0.6 is 0 Å². The summed E-state index contributed by atoms with van der Waals surface area (Å²) in [6.07, 6.45) is 2.37. The van der Waals surface area contributed by atoms with Crippen molar-refractivity contribution in [2.75, 3.05) is 13.7 Å². The van der Waals surface area contributed by atoms with Crippen molar-refractivity contribution in [3.8, 4) is 0 Å². The van der Waals surface area contributed by atoms with Gasteiger partial charge in [-0.3, -0.25) is 4.79 Å². The predicted octanol–water partition coefficient (Wildman–Crippen LogP) is 1.15. The highest BCUT2D eigenvalue weighted by molar-refractivity contribution is 5.09. The predicted molar refractivity (Wildman–Crippen MR) is 66.9 cm³/mol. The minimum absolute atomic E-state index is 0.108. The average molecular weight is 239 g/mol. The Labute approximate surface area is 102 Å². The van der Waals surface area contributed by atoms with Gasteiger partial charge in [0.2, 0.25) is 0 Å². The molecule has 1 aromatic rings. The van der Waals surface area contributed by atoms with Crippen LogP contribution < -0.4 is 10.9 Å². The van der Waals surface area contributed by atoms with E-state index in [0.717, 1.165) is 6.42 Å². The SMILES string of the molecule is CCOC(C)(CC)c1ncc(CNC)c(=O)[nH]1. The number of hydrogen-bond acceptors (Lipinski definition) is 4. The fraction of sp³-hybridized carbons (Fsp3) is 0.667. The van der Waals surface area contributed by atoms with E-state index in [1.807, 2.05) is 20.8 Å². The molecule has 0 saturated heterocycles. The van der Waals surface area contributed by atoms with E-state index in [9.17, 15) is 4.79 Å². The second kappa shape index (κ2) is 5.93. The molecule has 0 aliphatic rings. The van der Waals surface area contributed by atoms with Crippen LogP contribution in [0.1, 0.15) is 38.6 Å². The number of H-pyrrole nitrogens is 1. The van der Waals surface area contributed by atoms with E-state index < -0.39 is 5.60 Å². The fourth-order valence-electron chi connectivity index (χ4n) is 1.66. The highest BCUT2D eigenvalue weighted by Crippen LogP contribution is 2.24. The van der Waals surface area contributed by atoms with Crippen molar-refractivity contribution < 1.29 is 4.74 Å². The lowest BCUT2D eigenvalue weighted by Crippen LogP contribution is -2.31.